The van der Waals surface area contributed by atoms with Crippen LogP contribution in [0.15, 0.2) is 18.3 Å². The number of aromatic nitrogens is 1. The highest BCUT2D eigenvalue weighted by Crippen LogP contribution is 2.23. The van der Waals surface area contributed by atoms with E-state index < -0.39 is 0 Å². The molecule has 0 amide bonds. The van der Waals surface area contributed by atoms with Crippen LogP contribution in [0.5, 0.6) is 0 Å². The summed E-state index contributed by atoms with van der Waals surface area (Å²) in [5.74, 6) is 0.568. The van der Waals surface area contributed by atoms with Gasteiger partial charge in [-0.15, -0.1) is 0 Å². The van der Waals surface area contributed by atoms with Crippen molar-refractivity contribution in [1.29, 1.82) is 0 Å². The monoisotopic (exact) mass is 205 g/mol. The summed E-state index contributed by atoms with van der Waals surface area (Å²) in [7, 11) is 0. The van der Waals surface area contributed by atoms with Gasteiger partial charge in [-0.25, -0.2) is 0 Å². The average Bonchev–Trinajstić information content (AvgIpc) is 2.23. The zero-order valence-corrected chi connectivity index (χ0v) is 9.48. The van der Waals surface area contributed by atoms with E-state index >= 15 is 0 Å². The van der Waals surface area contributed by atoms with Gasteiger partial charge in [-0.3, -0.25) is 4.98 Å². The Bertz CT molecular complexity index is 337. The zero-order chi connectivity index (χ0) is 10.8. The Morgan fingerprint density at radius 1 is 1.53 bits per heavy atom. The molecule has 0 bridgehead atoms. The van der Waals surface area contributed by atoms with Gasteiger partial charge in [0.2, 0.25) is 0 Å². The minimum absolute atomic E-state index is 0.359. The van der Waals surface area contributed by atoms with E-state index in [2.05, 4.69) is 29.8 Å². The topological polar surface area (TPSA) is 42.2 Å². The van der Waals surface area contributed by atoms with Gasteiger partial charge in [-0.1, -0.05) is 6.92 Å². The molecule has 0 saturated carbocycles. The molecular formula is C12H19N3. The summed E-state index contributed by atoms with van der Waals surface area (Å²) in [4.78, 5) is 6.72. The van der Waals surface area contributed by atoms with E-state index in [1.165, 1.54) is 5.69 Å². The number of anilines is 1. The lowest BCUT2D eigenvalue weighted by Gasteiger charge is -2.37. The van der Waals surface area contributed by atoms with Crippen molar-refractivity contribution < 1.29 is 0 Å². The van der Waals surface area contributed by atoms with Gasteiger partial charge in [0.1, 0.15) is 0 Å². The highest BCUT2D eigenvalue weighted by Gasteiger charge is 2.23. The van der Waals surface area contributed by atoms with Gasteiger partial charge >= 0.3 is 0 Å². The largest absolute Gasteiger partial charge is 0.370 e. The third kappa shape index (κ3) is 2.12. The molecule has 0 aromatic carbocycles. The molecule has 1 aromatic heterocycles. The van der Waals surface area contributed by atoms with Crippen molar-refractivity contribution >= 4 is 5.69 Å². The molecular weight excluding hydrogens is 186 g/mol. The van der Waals surface area contributed by atoms with Crippen LogP contribution in [0.1, 0.15) is 19.0 Å². The van der Waals surface area contributed by atoms with E-state index in [0.29, 0.717) is 12.0 Å². The fraction of sp³-hybridized carbons (Fsp3) is 0.583. The van der Waals surface area contributed by atoms with E-state index in [1.54, 1.807) is 0 Å². The molecule has 2 unspecified atom stereocenters. The number of aryl methyl sites for hydroxylation is 1. The Hall–Kier alpha value is -1.09. The number of piperidine rings is 1. The summed E-state index contributed by atoms with van der Waals surface area (Å²) in [6.07, 6.45) is 2.92. The van der Waals surface area contributed by atoms with E-state index in [9.17, 15) is 0 Å². The number of nitrogens with two attached hydrogens (primary N) is 1. The normalized spacial score (nSPS) is 26.7. The third-order valence-electron chi connectivity index (χ3n) is 3.29. The molecule has 3 nitrogen and oxygen atoms in total. The van der Waals surface area contributed by atoms with E-state index in [1.807, 2.05) is 12.3 Å². The van der Waals surface area contributed by atoms with Crippen LogP contribution in [0, 0.1) is 12.8 Å². The molecule has 15 heavy (non-hydrogen) atoms. The van der Waals surface area contributed by atoms with Gasteiger partial charge < -0.3 is 10.6 Å². The van der Waals surface area contributed by atoms with Crippen molar-refractivity contribution in [3.8, 4) is 0 Å². The van der Waals surface area contributed by atoms with Crippen molar-refractivity contribution in [1.82, 2.24) is 4.98 Å². The van der Waals surface area contributed by atoms with Crippen molar-refractivity contribution in [2.24, 2.45) is 11.7 Å². The van der Waals surface area contributed by atoms with Crippen molar-refractivity contribution in [2.75, 3.05) is 18.0 Å². The van der Waals surface area contributed by atoms with Crippen LogP contribution in [0.25, 0.3) is 0 Å². The molecule has 1 aliphatic heterocycles. The SMILES string of the molecule is Cc1ncccc1N1CCC(N)C(C)C1. The Morgan fingerprint density at radius 3 is 3.00 bits per heavy atom. The van der Waals surface area contributed by atoms with Crippen LogP contribution >= 0.6 is 0 Å². The fourth-order valence-corrected chi connectivity index (χ4v) is 2.19. The molecule has 82 valence electrons. The van der Waals surface area contributed by atoms with Crippen molar-refractivity contribution in [2.45, 2.75) is 26.3 Å². The minimum Gasteiger partial charge on any atom is -0.370 e. The van der Waals surface area contributed by atoms with Crippen LogP contribution in [0.4, 0.5) is 5.69 Å². The standard InChI is InChI=1S/C12H19N3/c1-9-8-15(7-5-11(9)13)12-4-3-6-14-10(12)2/h3-4,6,9,11H,5,7-8,13H2,1-2H3. The molecule has 2 atom stereocenters. The molecule has 3 heteroatoms. The van der Waals surface area contributed by atoms with Crippen LogP contribution in [0.2, 0.25) is 0 Å². The second-order valence-electron chi connectivity index (χ2n) is 4.48. The van der Waals surface area contributed by atoms with Gasteiger partial charge in [-0.05, 0) is 31.4 Å². The predicted molar refractivity (Wildman–Crippen MR) is 62.9 cm³/mol. The number of hydrogen-bond donors (Lipinski definition) is 1. The fourth-order valence-electron chi connectivity index (χ4n) is 2.19. The summed E-state index contributed by atoms with van der Waals surface area (Å²) in [5, 5.41) is 0. The summed E-state index contributed by atoms with van der Waals surface area (Å²) < 4.78 is 0. The third-order valence-corrected chi connectivity index (χ3v) is 3.29. The molecule has 2 heterocycles. The second-order valence-corrected chi connectivity index (χ2v) is 4.48. The Labute approximate surface area is 91.3 Å². The highest BCUT2D eigenvalue weighted by molar-refractivity contribution is 5.50. The Kier molecular flexibility index (Phi) is 2.91. The van der Waals surface area contributed by atoms with Gasteiger partial charge in [0.25, 0.3) is 0 Å². The number of nitrogens with zero attached hydrogens (tertiary/aromatic N) is 2. The second kappa shape index (κ2) is 4.19. The average molecular weight is 205 g/mol. The maximum atomic E-state index is 6.01. The lowest BCUT2D eigenvalue weighted by Crippen LogP contribution is -2.46. The molecule has 1 aromatic rings. The van der Waals surface area contributed by atoms with Gasteiger partial charge in [0.05, 0.1) is 11.4 Å². The first kappa shape index (κ1) is 10.4. The summed E-state index contributed by atoms with van der Waals surface area (Å²) in [6, 6.07) is 4.51. The van der Waals surface area contributed by atoms with Crippen molar-refractivity contribution in [3.63, 3.8) is 0 Å². The maximum Gasteiger partial charge on any atom is 0.0605 e. The molecule has 1 aliphatic rings. The lowest BCUT2D eigenvalue weighted by atomic mass is 9.94. The summed E-state index contributed by atoms with van der Waals surface area (Å²) in [5.41, 5.74) is 8.39. The molecule has 2 N–H and O–H groups in total. The Balaban J connectivity index is 2.15. The molecule has 1 saturated heterocycles. The quantitative estimate of drug-likeness (QED) is 0.756. The minimum atomic E-state index is 0.359. The molecule has 0 radical (unpaired) electrons. The summed E-state index contributed by atoms with van der Waals surface area (Å²) >= 11 is 0. The van der Waals surface area contributed by atoms with E-state index in [-0.39, 0.29) is 0 Å². The highest BCUT2D eigenvalue weighted by atomic mass is 15.2. The first-order valence-electron chi connectivity index (χ1n) is 5.60. The van der Waals surface area contributed by atoms with E-state index in [0.717, 1.165) is 25.2 Å². The molecule has 0 spiro atoms. The van der Waals surface area contributed by atoms with Crippen LogP contribution in [-0.4, -0.2) is 24.1 Å². The first-order valence-corrected chi connectivity index (χ1v) is 5.60. The number of pyridine rings is 1. The van der Waals surface area contributed by atoms with Crippen LogP contribution in [0.3, 0.4) is 0 Å². The number of hydrogen-bond acceptors (Lipinski definition) is 3. The Morgan fingerprint density at radius 2 is 2.33 bits per heavy atom. The van der Waals surface area contributed by atoms with Crippen LogP contribution in [-0.2, 0) is 0 Å². The van der Waals surface area contributed by atoms with Crippen molar-refractivity contribution in [3.05, 3.63) is 24.0 Å². The zero-order valence-electron chi connectivity index (χ0n) is 9.48. The van der Waals surface area contributed by atoms with Gasteiger partial charge in [0.15, 0.2) is 0 Å². The molecule has 1 fully saturated rings. The predicted octanol–water partition coefficient (Wildman–Crippen LogP) is 1.56. The van der Waals surface area contributed by atoms with Gasteiger partial charge in [-0.2, -0.15) is 0 Å². The van der Waals surface area contributed by atoms with E-state index in [4.69, 9.17) is 5.73 Å². The van der Waals surface area contributed by atoms with Crippen LogP contribution < -0.4 is 10.6 Å². The molecule has 2 rings (SSSR count). The summed E-state index contributed by atoms with van der Waals surface area (Å²) in [6.45, 7) is 6.39. The van der Waals surface area contributed by atoms with Gasteiger partial charge in [0, 0.05) is 25.3 Å². The first-order chi connectivity index (χ1) is 7.18. The maximum absolute atomic E-state index is 6.01. The number of rotatable bonds is 1. The smallest absolute Gasteiger partial charge is 0.0605 e. The lowest BCUT2D eigenvalue weighted by molar-refractivity contribution is 0.382. The molecule has 0 aliphatic carbocycles.